The number of rotatable bonds is 4. The first-order valence-corrected chi connectivity index (χ1v) is 6.22. The Morgan fingerprint density at radius 2 is 2.42 bits per heavy atom. The van der Waals surface area contributed by atoms with Gasteiger partial charge in [0.1, 0.15) is 5.82 Å². The molecular formula is C12H17F2N3O2. The first kappa shape index (κ1) is 13.9. The third-order valence-corrected chi connectivity index (χ3v) is 3.36. The van der Waals surface area contributed by atoms with E-state index in [1.807, 2.05) is 4.90 Å². The van der Waals surface area contributed by atoms with Gasteiger partial charge in [-0.25, -0.2) is 4.98 Å². The number of likely N-dealkylation sites (tertiary alicyclic amines) is 1. The number of carbonyl (C=O) groups excluding carboxylic acids is 1. The van der Waals surface area contributed by atoms with Crippen LogP contribution in [0.1, 0.15) is 25.2 Å². The topological polar surface area (TPSA) is 47.4 Å². The molecule has 0 aliphatic carbocycles. The van der Waals surface area contributed by atoms with Crippen molar-refractivity contribution in [2.75, 3.05) is 20.2 Å². The number of methoxy groups -OCH3 is 1. The molecule has 1 aliphatic rings. The molecule has 1 fully saturated rings. The lowest BCUT2D eigenvalue weighted by molar-refractivity contribution is -0.147. The van der Waals surface area contributed by atoms with Gasteiger partial charge in [-0.05, 0) is 19.4 Å². The highest BCUT2D eigenvalue weighted by Crippen LogP contribution is 2.20. The summed E-state index contributed by atoms with van der Waals surface area (Å²) in [5, 5.41) is 0. The van der Waals surface area contributed by atoms with Crippen molar-refractivity contribution in [3.8, 4) is 0 Å². The number of esters is 1. The zero-order valence-corrected chi connectivity index (χ0v) is 10.8. The Morgan fingerprint density at radius 3 is 3.11 bits per heavy atom. The Labute approximate surface area is 110 Å². The standard InChI is InChI=1S/C12H17F2N3O2/c1-19-11(18)9-3-2-5-16(7-9)8-10-15-4-6-17(10)12(13)14/h4,6,9,12H,2-3,5,7-8H2,1H3. The van der Waals surface area contributed by atoms with Crippen molar-refractivity contribution in [3.05, 3.63) is 18.2 Å². The van der Waals surface area contributed by atoms with Gasteiger partial charge in [0.15, 0.2) is 0 Å². The van der Waals surface area contributed by atoms with Gasteiger partial charge in [-0.3, -0.25) is 14.3 Å². The number of carbonyl (C=O) groups is 1. The van der Waals surface area contributed by atoms with E-state index in [0.29, 0.717) is 18.9 Å². The second kappa shape index (κ2) is 6.10. The lowest BCUT2D eigenvalue weighted by Crippen LogP contribution is -2.39. The third-order valence-electron chi connectivity index (χ3n) is 3.36. The Balaban J connectivity index is 1.99. The highest BCUT2D eigenvalue weighted by Gasteiger charge is 2.27. The molecule has 1 aromatic heterocycles. The summed E-state index contributed by atoms with van der Waals surface area (Å²) in [6.45, 7) is -0.948. The number of halogens is 2. The van der Waals surface area contributed by atoms with Gasteiger partial charge in [-0.1, -0.05) is 0 Å². The summed E-state index contributed by atoms with van der Waals surface area (Å²) < 4.78 is 31.0. The molecular weight excluding hydrogens is 256 g/mol. The maximum Gasteiger partial charge on any atom is 0.319 e. The van der Waals surface area contributed by atoms with Crippen LogP contribution in [0.2, 0.25) is 0 Å². The molecule has 1 aliphatic heterocycles. The minimum Gasteiger partial charge on any atom is -0.469 e. The molecule has 1 atom stereocenters. The average molecular weight is 273 g/mol. The Hall–Kier alpha value is -1.50. The van der Waals surface area contributed by atoms with Crippen LogP contribution >= 0.6 is 0 Å². The van der Waals surface area contributed by atoms with Crippen molar-refractivity contribution in [3.63, 3.8) is 0 Å². The fourth-order valence-corrected chi connectivity index (χ4v) is 2.40. The number of alkyl halides is 2. The number of imidazole rings is 1. The van der Waals surface area contributed by atoms with E-state index in [1.54, 1.807) is 0 Å². The van der Waals surface area contributed by atoms with Gasteiger partial charge in [-0.15, -0.1) is 0 Å². The van der Waals surface area contributed by atoms with Crippen molar-refractivity contribution >= 4 is 5.97 Å². The van der Waals surface area contributed by atoms with Crippen LogP contribution in [0.5, 0.6) is 0 Å². The zero-order valence-electron chi connectivity index (χ0n) is 10.8. The fraction of sp³-hybridized carbons (Fsp3) is 0.667. The van der Waals surface area contributed by atoms with Crippen molar-refractivity contribution in [2.45, 2.75) is 25.9 Å². The quantitative estimate of drug-likeness (QED) is 0.783. The molecule has 0 saturated carbocycles. The van der Waals surface area contributed by atoms with Crippen molar-refractivity contribution < 1.29 is 18.3 Å². The number of hydrogen-bond acceptors (Lipinski definition) is 4. The third kappa shape index (κ3) is 3.28. The summed E-state index contributed by atoms with van der Waals surface area (Å²) in [7, 11) is 1.37. The van der Waals surface area contributed by atoms with E-state index in [9.17, 15) is 13.6 Å². The van der Waals surface area contributed by atoms with E-state index < -0.39 is 6.55 Å². The normalized spacial score (nSPS) is 20.7. The summed E-state index contributed by atoms with van der Waals surface area (Å²) >= 11 is 0. The SMILES string of the molecule is COC(=O)C1CCCN(Cc2nccn2C(F)F)C1. The molecule has 106 valence electrons. The smallest absolute Gasteiger partial charge is 0.319 e. The fourth-order valence-electron chi connectivity index (χ4n) is 2.40. The van der Waals surface area contributed by atoms with Gasteiger partial charge in [0.05, 0.1) is 19.6 Å². The molecule has 2 heterocycles. The Morgan fingerprint density at radius 1 is 1.63 bits per heavy atom. The number of hydrogen-bond donors (Lipinski definition) is 0. The summed E-state index contributed by atoms with van der Waals surface area (Å²) in [5.41, 5.74) is 0. The van der Waals surface area contributed by atoms with Gasteiger partial charge in [-0.2, -0.15) is 8.78 Å². The van der Waals surface area contributed by atoms with Crippen LogP contribution in [0.3, 0.4) is 0 Å². The van der Waals surface area contributed by atoms with E-state index in [0.717, 1.165) is 24.0 Å². The van der Waals surface area contributed by atoms with E-state index >= 15 is 0 Å². The van der Waals surface area contributed by atoms with Gasteiger partial charge < -0.3 is 4.74 Å². The van der Waals surface area contributed by atoms with E-state index in [4.69, 9.17) is 4.74 Å². The summed E-state index contributed by atoms with van der Waals surface area (Å²) in [6.07, 6.45) is 4.27. The molecule has 19 heavy (non-hydrogen) atoms. The predicted octanol–water partition coefficient (Wildman–Crippen LogP) is 1.66. The van der Waals surface area contributed by atoms with Crippen LogP contribution in [-0.2, 0) is 16.1 Å². The molecule has 0 radical (unpaired) electrons. The largest absolute Gasteiger partial charge is 0.469 e. The molecule has 0 bridgehead atoms. The van der Waals surface area contributed by atoms with E-state index in [-0.39, 0.29) is 11.9 Å². The molecule has 1 aromatic rings. The Kier molecular flexibility index (Phi) is 4.47. The summed E-state index contributed by atoms with van der Waals surface area (Å²) in [5.74, 6) is -0.0869. The second-order valence-electron chi connectivity index (χ2n) is 4.63. The lowest BCUT2D eigenvalue weighted by Gasteiger charge is -2.30. The Bertz CT molecular complexity index is 436. The molecule has 0 aromatic carbocycles. The number of piperidine rings is 1. The minimum atomic E-state index is -2.58. The highest BCUT2D eigenvalue weighted by molar-refractivity contribution is 5.72. The molecule has 1 saturated heterocycles. The van der Waals surface area contributed by atoms with Crippen LogP contribution in [0.25, 0.3) is 0 Å². The first-order valence-electron chi connectivity index (χ1n) is 6.22. The van der Waals surface area contributed by atoms with Crippen LogP contribution in [-0.4, -0.2) is 40.6 Å². The molecule has 1 unspecified atom stereocenters. The lowest BCUT2D eigenvalue weighted by atomic mass is 9.98. The molecule has 0 amide bonds. The molecule has 5 nitrogen and oxygen atoms in total. The maximum atomic E-state index is 12.7. The average Bonchev–Trinajstić information content (AvgIpc) is 2.86. The molecule has 2 rings (SSSR count). The van der Waals surface area contributed by atoms with Gasteiger partial charge in [0.25, 0.3) is 0 Å². The van der Waals surface area contributed by atoms with Crippen molar-refractivity contribution in [2.24, 2.45) is 5.92 Å². The van der Waals surface area contributed by atoms with E-state index in [1.165, 1.54) is 19.5 Å². The highest BCUT2D eigenvalue weighted by atomic mass is 19.3. The number of nitrogens with zero attached hydrogens (tertiary/aromatic N) is 3. The summed E-state index contributed by atoms with van der Waals surface area (Å²) in [6, 6.07) is 0. The van der Waals surface area contributed by atoms with E-state index in [2.05, 4.69) is 4.98 Å². The van der Waals surface area contributed by atoms with Crippen LogP contribution in [0, 0.1) is 5.92 Å². The van der Waals surface area contributed by atoms with Crippen molar-refractivity contribution in [1.29, 1.82) is 0 Å². The maximum absolute atomic E-state index is 12.7. The molecule has 7 heteroatoms. The minimum absolute atomic E-state index is 0.172. The number of ether oxygens (including phenoxy) is 1. The molecule has 0 spiro atoms. The molecule has 0 N–H and O–H groups in total. The first-order chi connectivity index (χ1) is 9.11. The second-order valence-corrected chi connectivity index (χ2v) is 4.63. The van der Waals surface area contributed by atoms with Gasteiger partial charge in [0.2, 0.25) is 0 Å². The number of aromatic nitrogens is 2. The van der Waals surface area contributed by atoms with Crippen LogP contribution in [0.15, 0.2) is 12.4 Å². The van der Waals surface area contributed by atoms with Gasteiger partial charge in [0, 0.05) is 18.9 Å². The zero-order chi connectivity index (χ0) is 13.8. The van der Waals surface area contributed by atoms with Crippen molar-refractivity contribution in [1.82, 2.24) is 14.5 Å². The monoisotopic (exact) mass is 273 g/mol. The van der Waals surface area contributed by atoms with Crippen LogP contribution < -0.4 is 0 Å². The van der Waals surface area contributed by atoms with Gasteiger partial charge >= 0.3 is 12.5 Å². The van der Waals surface area contributed by atoms with Crippen LogP contribution in [0.4, 0.5) is 8.78 Å². The summed E-state index contributed by atoms with van der Waals surface area (Å²) in [4.78, 5) is 17.4. The predicted molar refractivity (Wildman–Crippen MR) is 63.5 cm³/mol.